The summed E-state index contributed by atoms with van der Waals surface area (Å²) >= 11 is 0. The van der Waals surface area contributed by atoms with Crippen molar-refractivity contribution in [3.63, 3.8) is 0 Å². The molecule has 0 atom stereocenters. The lowest BCUT2D eigenvalue weighted by atomic mass is 10.1. The van der Waals surface area contributed by atoms with Crippen molar-refractivity contribution >= 4 is 17.4 Å². The molecule has 0 spiro atoms. The van der Waals surface area contributed by atoms with E-state index >= 15 is 0 Å². The van der Waals surface area contributed by atoms with E-state index in [0.717, 1.165) is 0 Å². The molecule has 1 aromatic rings. The molecule has 0 aliphatic rings. The Balaban J connectivity index is 3.00. The van der Waals surface area contributed by atoms with Gasteiger partial charge in [0.2, 0.25) is 0 Å². The molecule has 0 saturated carbocycles. The topological polar surface area (TPSA) is 64.9 Å². The first-order valence-electron chi connectivity index (χ1n) is 4.82. The number of rotatable bonds is 2. The van der Waals surface area contributed by atoms with Crippen LogP contribution in [-0.2, 0) is 0 Å². The third kappa shape index (κ3) is 2.73. The van der Waals surface area contributed by atoms with Crippen LogP contribution in [0.1, 0.15) is 12.5 Å². The minimum absolute atomic E-state index is 0.224. The molecule has 0 fully saturated rings. The Labute approximate surface area is 94.4 Å². The van der Waals surface area contributed by atoms with Crippen LogP contribution in [0, 0.1) is 0 Å². The summed E-state index contributed by atoms with van der Waals surface area (Å²) in [5, 5.41) is 14.6. The number of urea groups is 1. The number of amides is 2. The second kappa shape index (κ2) is 5.16. The SMILES string of the molecule is CC(=NO)c1ccccc1NC(=O)N(C)C. The molecule has 2 N–H and O–H groups in total. The van der Waals surface area contributed by atoms with Gasteiger partial charge in [0, 0.05) is 19.7 Å². The summed E-state index contributed by atoms with van der Waals surface area (Å²) in [6.07, 6.45) is 0. The molecule has 0 aliphatic carbocycles. The van der Waals surface area contributed by atoms with Gasteiger partial charge >= 0.3 is 6.03 Å². The predicted molar refractivity (Wildman–Crippen MR) is 63.1 cm³/mol. The molecule has 0 unspecified atom stereocenters. The third-order valence-corrected chi connectivity index (χ3v) is 2.11. The maximum absolute atomic E-state index is 11.5. The Kier molecular flexibility index (Phi) is 3.88. The fraction of sp³-hybridized carbons (Fsp3) is 0.273. The van der Waals surface area contributed by atoms with E-state index in [4.69, 9.17) is 5.21 Å². The van der Waals surface area contributed by atoms with Gasteiger partial charge in [0.15, 0.2) is 0 Å². The van der Waals surface area contributed by atoms with Crippen LogP contribution in [-0.4, -0.2) is 35.9 Å². The van der Waals surface area contributed by atoms with E-state index in [-0.39, 0.29) is 6.03 Å². The monoisotopic (exact) mass is 221 g/mol. The van der Waals surface area contributed by atoms with E-state index in [9.17, 15) is 4.79 Å². The molecule has 0 saturated heterocycles. The molecule has 86 valence electrons. The summed E-state index contributed by atoms with van der Waals surface area (Å²) in [5.74, 6) is 0. The number of anilines is 1. The lowest BCUT2D eigenvalue weighted by Gasteiger charge is -2.14. The number of carbonyl (C=O) groups excluding carboxylic acids is 1. The van der Waals surface area contributed by atoms with Gasteiger partial charge in [-0.3, -0.25) is 0 Å². The van der Waals surface area contributed by atoms with Gasteiger partial charge in [-0.1, -0.05) is 23.4 Å². The van der Waals surface area contributed by atoms with Gasteiger partial charge < -0.3 is 15.4 Å². The fourth-order valence-electron chi connectivity index (χ4n) is 1.19. The lowest BCUT2D eigenvalue weighted by molar-refractivity contribution is 0.230. The predicted octanol–water partition coefficient (Wildman–Crippen LogP) is 1.98. The zero-order valence-corrected chi connectivity index (χ0v) is 9.56. The van der Waals surface area contributed by atoms with Crippen molar-refractivity contribution in [3.8, 4) is 0 Å². The van der Waals surface area contributed by atoms with Gasteiger partial charge in [-0.05, 0) is 13.0 Å². The Hall–Kier alpha value is -2.04. The number of nitrogens with zero attached hydrogens (tertiary/aromatic N) is 2. The van der Waals surface area contributed by atoms with Crippen LogP contribution >= 0.6 is 0 Å². The Morgan fingerprint density at radius 3 is 2.56 bits per heavy atom. The largest absolute Gasteiger partial charge is 0.411 e. The molecule has 0 aliphatic heterocycles. The second-order valence-corrected chi connectivity index (χ2v) is 3.56. The molecular weight excluding hydrogens is 206 g/mol. The zero-order valence-electron chi connectivity index (χ0n) is 9.56. The standard InChI is InChI=1S/C11H15N3O2/c1-8(13-16)9-6-4-5-7-10(9)12-11(15)14(2)3/h4-7,16H,1-3H3,(H,12,15). The van der Waals surface area contributed by atoms with E-state index < -0.39 is 0 Å². The molecule has 5 heteroatoms. The lowest BCUT2D eigenvalue weighted by Crippen LogP contribution is -2.28. The van der Waals surface area contributed by atoms with Crippen molar-refractivity contribution in [1.29, 1.82) is 0 Å². The van der Waals surface area contributed by atoms with Crippen LogP contribution in [0.4, 0.5) is 10.5 Å². The van der Waals surface area contributed by atoms with E-state index in [1.807, 2.05) is 6.07 Å². The maximum atomic E-state index is 11.5. The van der Waals surface area contributed by atoms with E-state index in [2.05, 4.69) is 10.5 Å². The van der Waals surface area contributed by atoms with Crippen molar-refractivity contribution < 1.29 is 10.0 Å². The third-order valence-electron chi connectivity index (χ3n) is 2.11. The van der Waals surface area contributed by atoms with Gasteiger partial charge in [-0.15, -0.1) is 0 Å². The van der Waals surface area contributed by atoms with Crippen LogP contribution in [0.5, 0.6) is 0 Å². The molecule has 16 heavy (non-hydrogen) atoms. The normalized spacial score (nSPS) is 11.1. The summed E-state index contributed by atoms with van der Waals surface area (Å²) in [4.78, 5) is 12.9. The van der Waals surface area contributed by atoms with Crippen molar-refractivity contribution in [1.82, 2.24) is 4.90 Å². The number of benzene rings is 1. The number of nitrogens with one attached hydrogen (secondary N) is 1. The molecular formula is C11H15N3O2. The summed E-state index contributed by atoms with van der Waals surface area (Å²) in [5.41, 5.74) is 1.77. The van der Waals surface area contributed by atoms with E-state index in [0.29, 0.717) is 17.0 Å². The quantitative estimate of drug-likeness (QED) is 0.455. The summed E-state index contributed by atoms with van der Waals surface area (Å²) in [6.45, 7) is 1.67. The summed E-state index contributed by atoms with van der Waals surface area (Å²) in [7, 11) is 3.32. The van der Waals surface area contributed by atoms with Gasteiger partial charge in [0.05, 0.1) is 11.4 Å². The van der Waals surface area contributed by atoms with E-state index in [1.165, 1.54) is 4.90 Å². The van der Waals surface area contributed by atoms with Gasteiger partial charge in [-0.2, -0.15) is 0 Å². The number of carbonyl (C=O) groups is 1. The fourth-order valence-corrected chi connectivity index (χ4v) is 1.19. The maximum Gasteiger partial charge on any atom is 0.321 e. The highest BCUT2D eigenvalue weighted by Crippen LogP contribution is 2.16. The van der Waals surface area contributed by atoms with Gasteiger partial charge in [-0.25, -0.2) is 4.79 Å². The molecule has 1 rings (SSSR count). The van der Waals surface area contributed by atoms with Crippen LogP contribution in [0.15, 0.2) is 29.4 Å². The molecule has 0 bridgehead atoms. The zero-order chi connectivity index (χ0) is 12.1. The molecule has 5 nitrogen and oxygen atoms in total. The average molecular weight is 221 g/mol. The van der Waals surface area contributed by atoms with Crippen molar-refractivity contribution in [2.45, 2.75) is 6.92 Å². The first-order chi connectivity index (χ1) is 7.56. The molecule has 2 amide bonds. The Bertz CT molecular complexity index is 413. The van der Waals surface area contributed by atoms with Crippen LogP contribution in [0.25, 0.3) is 0 Å². The minimum Gasteiger partial charge on any atom is -0.411 e. The number of hydrogen-bond acceptors (Lipinski definition) is 3. The molecule has 0 aromatic heterocycles. The summed E-state index contributed by atoms with van der Waals surface area (Å²) in [6, 6.07) is 6.93. The Morgan fingerprint density at radius 1 is 1.38 bits per heavy atom. The Morgan fingerprint density at radius 2 is 2.00 bits per heavy atom. The van der Waals surface area contributed by atoms with Crippen LogP contribution in [0.2, 0.25) is 0 Å². The minimum atomic E-state index is -0.224. The van der Waals surface area contributed by atoms with Crippen LogP contribution in [0.3, 0.4) is 0 Å². The first-order valence-corrected chi connectivity index (χ1v) is 4.82. The number of para-hydroxylation sites is 1. The molecule has 1 aromatic carbocycles. The second-order valence-electron chi connectivity index (χ2n) is 3.56. The number of oxime groups is 1. The van der Waals surface area contributed by atoms with Crippen molar-refractivity contribution in [2.24, 2.45) is 5.16 Å². The highest BCUT2D eigenvalue weighted by molar-refractivity contribution is 6.05. The van der Waals surface area contributed by atoms with Gasteiger partial charge in [0.25, 0.3) is 0 Å². The smallest absolute Gasteiger partial charge is 0.321 e. The molecule has 0 heterocycles. The summed E-state index contributed by atoms with van der Waals surface area (Å²) < 4.78 is 0. The first kappa shape index (κ1) is 12.0. The highest BCUT2D eigenvalue weighted by atomic mass is 16.4. The highest BCUT2D eigenvalue weighted by Gasteiger charge is 2.09. The van der Waals surface area contributed by atoms with Crippen LogP contribution < -0.4 is 5.32 Å². The van der Waals surface area contributed by atoms with E-state index in [1.54, 1.807) is 39.2 Å². The van der Waals surface area contributed by atoms with Gasteiger partial charge in [0.1, 0.15) is 0 Å². The van der Waals surface area contributed by atoms with Crippen molar-refractivity contribution in [3.05, 3.63) is 29.8 Å². The average Bonchev–Trinajstić information content (AvgIpc) is 2.28. The number of hydrogen-bond donors (Lipinski definition) is 2. The molecule has 0 radical (unpaired) electrons. The van der Waals surface area contributed by atoms with Crippen molar-refractivity contribution in [2.75, 3.05) is 19.4 Å².